The summed E-state index contributed by atoms with van der Waals surface area (Å²) in [6.07, 6.45) is 0. The molecule has 0 bridgehead atoms. The van der Waals surface area contributed by atoms with Crippen LogP contribution in [0.15, 0.2) is 24.3 Å². The predicted octanol–water partition coefficient (Wildman–Crippen LogP) is 1.43. The van der Waals surface area contributed by atoms with Gasteiger partial charge in [0.15, 0.2) is 0 Å². The van der Waals surface area contributed by atoms with Gasteiger partial charge in [0.1, 0.15) is 5.69 Å². The van der Waals surface area contributed by atoms with Crippen molar-refractivity contribution in [2.24, 2.45) is 0 Å². The Hall–Kier alpha value is -2.67. The summed E-state index contributed by atoms with van der Waals surface area (Å²) in [5, 5.41) is 1.61. The van der Waals surface area contributed by atoms with E-state index in [1.165, 1.54) is 4.68 Å². The fourth-order valence-electron chi connectivity index (χ4n) is 2.43. The highest BCUT2D eigenvalue weighted by molar-refractivity contribution is 6.48. The van der Waals surface area contributed by atoms with E-state index in [1.54, 1.807) is 38.1 Å². The molecule has 0 saturated carbocycles. The Labute approximate surface area is 125 Å². The number of esters is 1. The maximum absolute atomic E-state index is 12.0. The minimum atomic E-state index is -0.729. The van der Waals surface area contributed by atoms with Crippen LogP contribution < -0.4 is 5.17 Å². The minimum absolute atomic E-state index is 0.217. The molecule has 0 saturated heterocycles. The first kappa shape index (κ1) is 14.3. The van der Waals surface area contributed by atoms with E-state index in [-0.39, 0.29) is 18.9 Å². The predicted molar refractivity (Wildman–Crippen MR) is 77.1 cm³/mol. The average Bonchev–Trinajstić information content (AvgIpc) is 2.98. The van der Waals surface area contributed by atoms with Gasteiger partial charge in [0.05, 0.1) is 24.3 Å². The van der Waals surface area contributed by atoms with Crippen molar-refractivity contribution >= 4 is 28.6 Å². The van der Waals surface area contributed by atoms with Crippen molar-refractivity contribution in [1.82, 2.24) is 4.68 Å². The molecule has 0 atom stereocenters. The maximum atomic E-state index is 12.0. The first-order valence-corrected chi connectivity index (χ1v) is 6.93. The van der Waals surface area contributed by atoms with E-state index in [0.29, 0.717) is 16.5 Å². The third-order valence-electron chi connectivity index (χ3n) is 3.32. The highest BCUT2D eigenvalue weighted by atomic mass is 16.7. The van der Waals surface area contributed by atoms with Gasteiger partial charge < -0.3 is 4.74 Å². The number of amides is 1. The zero-order chi connectivity index (χ0) is 15.9. The van der Waals surface area contributed by atoms with E-state index in [9.17, 15) is 14.4 Å². The van der Waals surface area contributed by atoms with Gasteiger partial charge in [-0.2, -0.15) is 0 Å². The second kappa shape index (κ2) is 5.27. The smallest absolute Gasteiger partial charge is 0.340 e. The molecule has 0 fully saturated rings. The van der Waals surface area contributed by atoms with E-state index < -0.39 is 17.7 Å². The summed E-state index contributed by atoms with van der Waals surface area (Å²) in [6, 6.07) is 6.44. The highest BCUT2D eigenvalue weighted by Crippen LogP contribution is 2.27. The van der Waals surface area contributed by atoms with E-state index in [4.69, 9.17) is 9.57 Å². The molecule has 22 heavy (non-hydrogen) atoms. The molecule has 7 heteroatoms. The molecule has 114 valence electrons. The van der Waals surface area contributed by atoms with Gasteiger partial charge in [0, 0.05) is 5.39 Å². The number of hydrogen-bond acceptors (Lipinski definition) is 5. The molecule has 1 aromatic carbocycles. The zero-order valence-corrected chi connectivity index (χ0v) is 12.2. The molecule has 1 amide bonds. The van der Waals surface area contributed by atoms with Crippen LogP contribution in [0.1, 0.15) is 34.7 Å². The molecule has 0 aliphatic carbocycles. The Balaban J connectivity index is 2.11. The van der Waals surface area contributed by atoms with E-state index in [0.717, 1.165) is 5.17 Å². The van der Waals surface area contributed by atoms with Gasteiger partial charge >= 0.3 is 11.9 Å². The first-order valence-electron chi connectivity index (χ1n) is 6.93. The Morgan fingerprint density at radius 3 is 2.59 bits per heavy atom. The molecule has 1 aromatic heterocycles. The summed E-state index contributed by atoms with van der Waals surface area (Å²) in [7, 11) is 0. The van der Waals surface area contributed by atoms with Gasteiger partial charge in [-0.05, 0) is 38.1 Å². The number of carbonyl (C=O) groups is 3. The second-order valence-electron chi connectivity index (χ2n) is 4.66. The van der Waals surface area contributed by atoms with Gasteiger partial charge in [-0.1, -0.05) is 0 Å². The number of ether oxygens (including phenoxy) is 1. The number of benzene rings is 1. The van der Waals surface area contributed by atoms with Gasteiger partial charge in [-0.3, -0.25) is 14.4 Å². The van der Waals surface area contributed by atoms with Crippen LogP contribution in [-0.2, 0) is 14.4 Å². The first-order chi connectivity index (χ1) is 10.6. The molecule has 2 aromatic rings. The lowest BCUT2D eigenvalue weighted by molar-refractivity contribution is -0.123. The largest absolute Gasteiger partial charge is 0.462 e. The van der Waals surface area contributed by atoms with Crippen LogP contribution in [0.5, 0.6) is 0 Å². The van der Waals surface area contributed by atoms with Crippen LogP contribution >= 0.6 is 0 Å². The topological polar surface area (TPSA) is 77.8 Å². The lowest BCUT2D eigenvalue weighted by Crippen LogP contribution is -2.36. The van der Waals surface area contributed by atoms with E-state index in [1.807, 2.05) is 0 Å². The molecule has 3 rings (SSSR count). The van der Waals surface area contributed by atoms with Crippen LogP contribution in [0, 0.1) is 0 Å². The number of rotatable bonds is 4. The quantitative estimate of drug-likeness (QED) is 0.630. The summed E-state index contributed by atoms with van der Waals surface area (Å²) >= 11 is 0. The van der Waals surface area contributed by atoms with Crippen LogP contribution in [-0.4, -0.2) is 35.5 Å². The monoisotopic (exact) mass is 302 g/mol. The maximum Gasteiger partial charge on any atom is 0.340 e. The fourth-order valence-corrected chi connectivity index (χ4v) is 2.43. The Morgan fingerprint density at radius 2 is 1.91 bits per heavy atom. The number of Topliss-reactive ketones (excluding diaryl/α,β-unsaturated/α-hetero) is 1. The third kappa shape index (κ3) is 1.98. The standard InChI is InChI=1S/C15H14N2O5/c1-3-21-15(20)9-5-6-11-10(7-9)8-12-13(18)14(19)17(16(11)12)22-4-2/h5-8H,3-4H2,1-2H3. The van der Waals surface area contributed by atoms with Crippen molar-refractivity contribution in [3.05, 3.63) is 35.5 Å². The van der Waals surface area contributed by atoms with Gasteiger partial charge in [0.2, 0.25) is 0 Å². The van der Waals surface area contributed by atoms with Crippen molar-refractivity contribution in [2.75, 3.05) is 18.4 Å². The Bertz CT molecular complexity index is 793. The van der Waals surface area contributed by atoms with Crippen LogP contribution in [0.3, 0.4) is 0 Å². The summed E-state index contributed by atoms with van der Waals surface area (Å²) in [5.41, 5.74) is 1.21. The lowest BCUT2D eigenvalue weighted by atomic mass is 10.1. The number of hydroxylamine groups is 1. The van der Waals surface area contributed by atoms with E-state index >= 15 is 0 Å². The van der Waals surface area contributed by atoms with Crippen LogP contribution in [0.4, 0.5) is 0 Å². The molecular formula is C15H14N2O5. The highest BCUT2D eigenvalue weighted by Gasteiger charge is 2.38. The summed E-state index contributed by atoms with van der Waals surface area (Å²) in [6.45, 7) is 3.99. The molecule has 0 N–H and O–H groups in total. The summed E-state index contributed by atoms with van der Waals surface area (Å²) in [5.74, 6) is -1.80. The molecule has 2 heterocycles. The number of fused-ring (bicyclic) bond motifs is 3. The van der Waals surface area contributed by atoms with Crippen molar-refractivity contribution < 1.29 is 24.0 Å². The molecule has 0 spiro atoms. The Kier molecular flexibility index (Phi) is 3.42. The van der Waals surface area contributed by atoms with Crippen molar-refractivity contribution in [2.45, 2.75) is 13.8 Å². The molecule has 0 radical (unpaired) electrons. The van der Waals surface area contributed by atoms with Gasteiger partial charge in [-0.15, -0.1) is 5.17 Å². The van der Waals surface area contributed by atoms with Crippen molar-refractivity contribution in [3.63, 3.8) is 0 Å². The molecule has 0 unspecified atom stereocenters. The zero-order valence-electron chi connectivity index (χ0n) is 12.2. The van der Waals surface area contributed by atoms with Crippen molar-refractivity contribution in [1.29, 1.82) is 0 Å². The van der Waals surface area contributed by atoms with Crippen molar-refractivity contribution in [3.8, 4) is 0 Å². The van der Waals surface area contributed by atoms with E-state index in [2.05, 4.69) is 0 Å². The summed E-state index contributed by atoms with van der Waals surface area (Å²) < 4.78 is 6.37. The second-order valence-corrected chi connectivity index (χ2v) is 4.66. The Morgan fingerprint density at radius 1 is 1.14 bits per heavy atom. The minimum Gasteiger partial charge on any atom is -0.462 e. The molecule has 1 aliphatic rings. The SMILES string of the molecule is CCOC(=O)c1ccc2c(c1)cc1n2N(OCC)C(=O)C1=O. The molecule has 7 nitrogen and oxygen atoms in total. The van der Waals surface area contributed by atoms with Crippen LogP contribution in [0.25, 0.3) is 10.9 Å². The van der Waals surface area contributed by atoms with Gasteiger partial charge in [0.25, 0.3) is 5.78 Å². The number of aromatic nitrogens is 1. The summed E-state index contributed by atoms with van der Waals surface area (Å²) in [4.78, 5) is 40.9. The molecular weight excluding hydrogens is 288 g/mol. The fraction of sp³-hybridized carbons (Fsp3) is 0.267. The number of nitrogens with zero attached hydrogens (tertiary/aromatic N) is 2. The van der Waals surface area contributed by atoms with Gasteiger partial charge in [-0.25, -0.2) is 9.47 Å². The molecule has 1 aliphatic heterocycles. The van der Waals surface area contributed by atoms with Crippen LogP contribution in [0.2, 0.25) is 0 Å². The lowest BCUT2D eigenvalue weighted by Gasteiger charge is -2.16. The average molecular weight is 302 g/mol. The third-order valence-corrected chi connectivity index (χ3v) is 3.32. The number of carbonyl (C=O) groups excluding carboxylic acids is 3. The number of hydrogen-bond donors (Lipinski definition) is 0. The normalized spacial score (nSPS) is 13.8. The number of ketones is 1.